The summed E-state index contributed by atoms with van der Waals surface area (Å²) in [6.45, 7) is 1.41. The Bertz CT molecular complexity index is 464. The Kier molecular flexibility index (Phi) is 4.10. The van der Waals surface area contributed by atoms with Gasteiger partial charge in [0.1, 0.15) is 0 Å². The standard InChI is InChI=1S/C16H25N3O/c1-18-10-5-7-14(18)15-6-3-2-4-11-19(15)16(20)12-17-13-8-9-13/h5,7,10,13,15,17H,2-4,6,8-9,11-12H2,1H3. The van der Waals surface area contributed by atoms with Crippen molar-refractivity contribution >= 4 is 5.91 Å². The lowest BCUT2D eigenvalue weighted by molar-refractivity contribution is -0.132. The first kappa shape index (κ1) is 13.7. The molecular formula is C16H25N3O. The molecule has 110 valence electrons. The Labute approximate surface area is 121 Å². The molecule has 1 aliphatic carbocycles. The van der Waals surface area contributed by atoms with Crippen LogP contribution < -0.4 is 5.32 Å². The van der Waals surface area contributed by atoms with Crippen molar-refractivity contribution in [2.45, 2.75) is 50.6 Å². The molecule has 0 radical (unpaired) electrons. The fourth-order valence-corrected chi connectivity index (χ4v) is 3.16. The smallest absolute Gasteiger partial charge is 0.237 e. The van der Waals surface area contributed by atoms with Gasteiger partial charge in [0.05, 0.1) is 12.6 Å². The van der Waals surface area contributed by atoms with Gasteiger partial charge in [-0.25, -0.2) is 0 Å². The molecule has 4 nitrogen and oxygen atoms in total. The number of rotatable bonds is 4. The van der Waals surface area contributed by atoms with E-state index in [1.807, 2.05) is 0 Å². The number of likely N-dealkylation sites (tertiary alicyclic amines) is 1. The largest absolute Gasteiger partial charge is 0.353 e. The second kappa shape index (κ2) is 6.00. The van der Waals surface area contributed by atoms with E-state index in [1.54, 1.807) is 0 Å². The van der Waals surface area contributed by atoms with E-state index in [-0.39, 0.29) is 11.9 Å². The number of nitrogens with zero attached hydrogens (tertiary/aromatic N) is 2. The van der Waals surface area contributed by atoms with Crippen molar-refractivity contribution in [2.75, 3.05) is 13.1 Å². The van der Waals surface area contributed by atoms with Crippen LogP contribution in [0.2, 0.25) is 0 Å². The minimum Gasteiger partial charge on any atom is -0.353 e. The number of hydrogen-bond donors (Lipinski definition) is 1. The third-order valence-electron chi connectivity index (χ3n) is 4.52. The molecule has 0 aromatic carbocycles. The number of nitrogens with one attached hydrogen (secondary N) is 1. The second-order valence-electron chi connectivity index (χ2n) is 6.15. The van der Waals surface area contributed by atoms with Crippen LogP contribution in [0.5, 0.6) is 0 Å². The first-order valence-corrected chi connectivity index (χ1v) is 7.90. The minimum absolute atomic E-state index is 0.256. The van der Waals surface area contributed by atoms with E-state index < -0.39 is 0 Å². The molecule has 0 bridgehead atoms. The van der Waals surface area contributed by atoms with Gasteiger partial charge in [0, 0.05) is 31.5 Å². The second-order valence-corrected chi connectivity index (χ2v) is 6.15. The van der Waals surface area contributed by atoms with Crippen LogP contribution in [0.15, 0.2) is 18.3 Å². The molecule has 2 fully saturated rings. The average Bonchev–Trinajstić information content (AvgIpc) is 3.22. The lowest BCUT2D eigenvalue weighted by Crippen LogP contribution is -2.41. The third-order valence-corrected chi connectivity index (χ3v) is 4.52. The van der Waals surface area contributed by atoms with Crippen LogP contribution in [0.1, 0.15) is 50.3 Å². The molecule has 1 aliphatic heterocycles. The van der Waals surface area contributed by atoms with Crippen LogP contribution in [0, 0.1) is 0 Å². The van der Waals surface area contributed by atoms with Gasteiger partial charge in [-0.05, 0) is 37.8 Å². The van der Waals surface area contributed by atoms with Crippen LogP contribution in [0.4, 0.5) is 0 Å². The van der Waals surface area contributed by atoms with Crippen molar-refractivity contribution in [3.05, 3.63) is 24.0 Å². The molecule has 0 spiro atoms. The van der Waals surface area contributed by atoms with Crippen LogP contribution in [-0.4, -0.2) is 34.5 Å². The molecule has 3 rings (SSSR count). The van der Waals surface area contributed by atoms with Gasteiger partial charge >= 0.3 is 0 Å². The quantitative estimate of drug-likeness (QED) is 0.915. The Morgan fingerprint density at radius 1 is 1.30 bits per heavy atom. The number of aryl methyl sites for hydroxylation is 1. The molecule has 20 heavy (non-hydrogen) atoms. The predicted molar refractivity (Wildman–Crippen MR) is 79.4 cm³/mol. The van der Waals surface area contributed by atoms with Crippen molar-refractivity contribution in [3.8, 4) is 0 Å². The molecule has 1 N–H and O–H groups in total. The van der Waals surface area contributed by atoms with Crippen LogP contribution in [0.3, 0.4) is 0 Å². The predicted octanol–water partition coefficient (Wildman–Crippen LogP) is 2.22. The normalized spacial score (nSPS) is 23.6. The SMILES string of the molecule is Cn1cccc1C1CCCCCN1C(=O)CNC1CC1. The van der Waals surface area contributed by atoms with Gasteiger partial charge in [-0.1, -0.05) is 12.8 Å². The molecule has 2 heterocycles. The summed E-state index contributed by atoms with van der Waals surface area (Å²) in [5.74, 6) is 0.269. The Hall–Kier alpha value is -1.29. The lowest BCUT2D eigenvalue weighted by atomic mass is 10.1. The minimum atomic E-state index is 0.256. The molecule has 1 aromatic rings. The van der Waals surface area contributed by atoms with E-state index in [0.717, 1.165) is 19.4 Å². The highest BCUT2D eigenvalue weighted by Gasteiger charge is 2.29. The zero-order valence-electron chi connectivity index (χ0n) is 12.3. The Morgan fingerprint density at radius 3 is 2.85 bits per heavy atom. The molecule has 4 heteroatoms. The number of carbonyl (C=O) groups excluding carboxylic acids is 1. The zero-order valence-corrected chi connectivity index (χ0v) is 12.3. The van der Waals surface area contributed by atoms with E-state index in [4.69, 9.17) is 0 Å². The molecule has 1 unspecified atom stereocenters. The summed E-state index contributed by atoms with van der Waals surface area (Å²) in [6.07, 6.45) is 9.22. The highest BCUT2D eigenvalue weighted by Crippen LogP contribution is 2.30. The van der Waals surface area contributed by atoms with Crippen LogP contribution in [-0.2, 0) is 11.8 Å². The van der Waals surface area contributed by atoms with Crippen LogP contribution >= 0.6 is 0 Å². The van der Waals surface area contributed by atoms with E-state index in [1.165, 1.54) is 31.4 Å². The highest BCUT2D eigenvalue weighted by atomic mass is 16.2. The molecule has 2 aliphatic rings. The molecule has 1 amide bonds. The maximum Gasteiger partial charge on any atom is 0.237 e. The molecule has 1 aromatic heterocycles. The third kappa shape index (κ3) is 3.06. The summed E-state index contributed by atoms with van der Waals surface area (Å²) < 4.78 is 2.16. The summed E-state index contributed by atoms with van der Waals surface area (Å²) in [5.41, 5.74) is 1.27. The van der Waals surface area contributed by atoms with E-state index in [9.17, 15) is 4.79 Å². The zero-order chi connectivity index (χ0) is 13.9. The van der Waals surface area contributed by atoms with Crippen molar-refractivity contribution in [3.63, 3.8) is 0 Å². The fraction of sp³-hybridized carbons (Fsp3) is 0.688. The van der Waals surface area contributed by atoms with E-state index in [0.29, 0.717) is 12.6 Å². The average molecular weight is 275 g/mol. The van der Waals surface area contributed by atoms with Crippen molar-refractivity contribution in [1.29, 1.82) is 0 Å². The van der Waals surface area contributed by atoms with Gasteiger partial charge in [0.2, 0.25) is 5.91 Å². The van der Waals surface area contributed by atoms with Crippen LogP contribution in [0.25, 0.3) is 0 Å². The first-order chi connectivity index (χ1) is 9.75. The maximum atomic E-state index is 12.6. The molecule has 1 saturated carbocycles. The van der Waals surface area contributed by atoms with Crippen molar-refractivity contribution in [1.82, 2.24) is 14.8 Å². The van der Waals surface area contributed by atoms with Gasteiger partial charge in [0.15, 0.2) is 0 Å². The monoisotopic (exact) mass is 275 g/mol. The Morgan fingerprint density at radius 2 is 2.15 bits per heavy atom. The van der Waals surface area contributed by atoms with E-state index in [2.05, 4.69) is 40.2 Å². The topological polar surface area (TPSA) is 37.3 Å². The number of hydrogen-bond acceptors (Lipinski definition) is 2. The fourth-order valence-electron chi connectivity index (χ4n) is 3.16. The van der Waals surface area contributed by atoms with E-state index >= 15 is 0 Å². The van der Waals surface area contributed by atoms with Crippen molar-refractivity contribution in [2.24, 2.45) is 7.05 Å². The summed E-state index contributed by atoms with van der Waals surface area (Å²) in [5, 5.41) is 3.36. The Balaban J connectivity index is 1.72. The number of aromatic nitrogens is 1. The molecule has 1 saturated heterocycles. The lowest BCUT2D eigenvalue weighted by Gasteiger charge is -2.31. The summed E-state index contributed by atoms with van der Waals surface area (Å²) in [6, 6.07) is 5.08. The number of carbonyl (C=O) groups is 1. The van der Waals surface area contributed by atoms with Gasteiger partial charge in [-0.15, -0.1) is 0 Å². The summed E-state index contributed by atoms with van der Waals surface area (Å²) >= 11 is 0. The summed E-state index contributed by atoms with van der Waals surface area (Å²) in [4.78, 5) is 14.7. The van der Waals surface area contributed by atoms with Crippen molar-refractivity contribution < 1.29 is 4.79 Å². The first-order valence-electron chi connectivity index (χ1n) is 7.90. The number of amides is 1. The molecular weight excluding hydrogens is 250 g/mol. The maximum absolute atomic E-state index is 12.6. The summed E-state index contributed by atoms with van der Waals surface area (Å²) in [7, 11) is 2.07. The van der Waals surface area contributed by atoms with Gasteiger partial charge in [0.25, 0.3) is 0 Å². The van der Waals surface area contributed by atoms with Gasteiger partial charge < -0.3 is 14.8 Å². The van der Waals surface area contributed by atoms with Gasteiger partial charge in [-0.2, -0.15) is 0 Å². The highest BCUT2D eigenvalue weighted by molar-refractivity contribution is 5.78. The molecule has 1 atom stereocenters. The van der Waals surface area contributed by atoms with Gasteiger partial charge in [-0.3, -0.25) is 4.79 Å².